The molecule has 2 aliphatic rings. The second kappa shape index (κ2) is 6.97. The van der Waals surface area contributed by atoms with Crippen LogP contribution in [0.15, 0.2) is 72.8 Å². The Balaban J connectivity index is 1.56. The minimum absolute atomic E-state index is 0.191. The molecule has 0 radical (unpaired) electrons. The third kappa shape index (κ3) is 2.71. The van der Waals surface area contributed by atoms with Gasteiger partial charge in [-0.05, 0) is 53.9 Å². The molecule has 158 valence electrons. The van der Waals surface area contributed by atoms with Crippen LogP contribution in [0.4, 0.5) is 10.5 Å². The Kier molecular flexibility index (Phi) is 4.17. The number of benzene rings is 3. The standard InChI is InChI=1S/C26H20ClN3O2/c1-15-6-4-9-18(12-15)29-25(31)22-14-20-19-10-2-3-11-21(19)28-23(20)24(30(22)26(29)32)16-7-5-8-17(27)13-16/h2-13,22,24,28H,14H2,1H3/t22-,24?/m0/s1. The zero-order chi connectivity index (χ0) is 22.0. The summed E-state index contributed by atoms with van der Waals surface area (Å²) in [6, 6.07) is 21.8. The Morgan fingerprint density at radius 2 is 1.78 bits per heavy atom. The number of imide groups is 1. The van der Waals surface area contributed by atoms with Gasteiger partial charge in [-0.3, -0.25) is 9.69 Å². The Hall–Kier alpha value is -3.57. The summed E-state index contributed by atoms with van der Waals surface area (Å²) >= 11 is 6.33. The lowest BCUT2D eigenvalue weighted by Crippen LogP contribution is -2.44. The van der Waals surface area contributed by atoms with Crippen LogP contribution in [0, 0.1) is 6.92 Å². The lowest BCUT2D eigenvalue weighted by Gasteiger charge is -2.36. The number of carbonyl (C=O) groups is 2. The van der Waals surface area contributed by atoms with Crippen LogP contribution in [-0.2, 0) is 11.2 Å². The molecule has 6 rings (SSSR count). The van der Waals surface area contributed by atoms with Gasteiger partial charge in [-0.1, -0.05) is 54.1 Å². The lowest BCUT2D eigenvalue weighted by atomic mass is 9.89. The molecule has 3 aromatic carbocycles. The van der Waals surface area contributed by atoms with Gasteiger partial charge in [-0.25, -0.2) is 9.69 Å². The molecule has 0 spiro atoms. The molecule has 1 unspecified atom stereocenters. The van der Waals surface area contributed by atoms with Crippen LogP contribution in [0.25, 0.3) is 10.9 Å². The number of H-pyrrole nitrogens is 1. The lowest BCUT2D eigenvalue weighted by molar-refractivity contribution is -0.120. The van der Waals surface area contributed by atoms with Crippen LogP contribution in [-0.4, -0.2) is 27.9 Å². The van der Waals surface area contributed by atoms with Gasteiger partial charge in [0.2, 0.25) is 0 Å². The maximum absolute atomic E-state index is 13.7. The molecule has 2 atom stereocenters. The molecule has 1 fully saturated rings. The number of aromatic nitrogens is 1. The molecule has 1 aromatic heterocycles. The van der Waals surface area contributed by atoms with E-state index in [4.69, 9.17) is 11.6 Å². The predicted octanol–water partition coefficient (Wildman–Crippen LogP) is 5.61. The summed E-state index contributed by atoms with van der Waals surface area (Å²) < 4.78 is 0. The quantitative estimate of drug-likeness (QED) is 0.411. The number of aromatic amines is 1. The number of amides is 3. The van der Waals surface area contributed by atoms with Gasteiger partial charge in [0, 0.05) is 28.0 Å². The number of hydrogen-bond acceptors (Lipinski definition) is 2. The van der Waals surface area contributed by atoms with Crippen molar-refractivity contribution in [2.45, 2.75) is 25.4 Å². The van der Waals surface area contributed by atoms with Gasteiger partial charge in [0.15, 0.2) is 0 Å². The Morgan fingerprint density at radius 3 is 2.59 bits per heavy atom. The van der Waals surface area contributed by atoms with Gasteiger partial charge in [0.25, 0.3) is 5.91 Å². The number of hydrogen-bond donors (Lipinski definition) is 1. The van der Waals surface area contributed by atoms with Crippen LogP contribution >= 0.6 is 11.6 Å². The molecule has 32 heavy (non-hydrogen) atoms. The number of anilines is 1. The normalized spacial score (nSPS) is 20.1. The molecule has 3 amide bonds. The maximum atomic E-state index is 13.7. The van der Waals surface area contributed by atoms with Crippen molar-refractivity contribution < 1.29 is 9.59 Å². The SMILES string of the molecule is Cc1cccc(N2C(=O)[C@@H]3Cc4c([nH]c5ccccc45)C(c4cccc(Cl)c4)N3C2=O)c1. The Labute approximate surface area is 190 Å². The summed E-state index contributed by atoms with van der Waals surface area (Å²) in [6.07, 6.45) is 0.475. The van der Waals surface area contributed by atoms with Crippen molar-refractivity contribution in [1.82, 2.24) is 9.88 Å². The average Bonchev–Trinajstić information content (AvgIpc) is 3.27. The summed E-state index contributed by atoms with van der Waals surface area (Å²) in [5, 5.41) is 1.68. The van der Waals surface area contributed by atoms with E-state index in [2.05, 4.69) is 11.1 Å². The third-order valence-electron chi connectivity index (χ3n) is 6.47. The van der Waals surface area contributed by atoms with Crippen molar-refractivity contribution >= 4 is 40.1 Å². The van der Waals surface area contributed by atoms with E-state index in [-0.39, 0.29) is 11.9 Å². The second-order valence-electron chi connectivity index (χ2n) is 8.44. The van der Waals surface area contributed by atoms with Crippen LogP contribution in [0.2, 0.25) is 5.02 Å². The van der Waals surface area contributed by atoms with E-state index in [1.165, 1.54) is 4.90 Å². The van der Waals surface area contributed by atoms with Crippen molar-refractivity contribution in [3.8, 4) is 0 Å². The fraction of sp³-hybridized carbons (Fsp3) is 0.154. The van der Waals surface area contributed by atoms with Crippen molar-refractivity contribution in [3.05, 3.63) is 100 Å². The number of para-hydroxylation sites is 1. The first-order valence-corrected chi connectivity index (χ1v) is 11.0. The fourth-order valence-electron chi connectivity index (χ4n) is 5.10. The van der Waals surface area contributed by atoms with E-state index in [1.54, 1.807) is 4.90 Å². The van der Waals surface area contributed by atoms with Crippen molar-refractivity contribution in [1.29, 1.82) is 0 Å². The first kappa shape index (κ1) is 19.1. The number of nitrogens with one attached hydrogen (secondary N) is 1. The molecule has 3 heterocycles. The monoisotopic (exact) mass is 441 g/mol. The molecule has 0 saturated carbocycles. The van der Waals surface area contributed by atoms with E-state index in [0.717, 1.165) is 33.3 Å². The van der Waals surface area contributed by atoms with E-state index >= 15 is 0 Å². The molecule has 2 aliphatic heterocycles. The summed E-state index contributed by atoms with van der Waals surface area (Å²) in [4.78, 5) is 33.9. The molecule has 0 aliphatic carbocycles. The molecule has 0 bridgehead atoms. The molecule has 1 N–H and O–H groups in total. The predicted molar refractivity (Wildman–Crippen MR) is 125 cm³/mol. The number of nitrogens with zero attached hydrogens (tertiary/aromatic N) is 2. The summed E-state index contributed by atoms with van der Waals surface area (Å²) in [7, 11) is 0. The van der Waals surface area contributed by atoms with Crippen molar-refractivity contribution in [2.24, 2.45) is 0 Å². The van der Waals surface area contributed by atoms with Gasteiger partial charge in [-0.15, -0.1) is 0 Å². The highest BCUT2D eigenvalue weighted by atomic mass is 35.5. The fourth-order valence-corrected chi connectivity index (χ4v) is 5.30. The van der Waals surface area contributed by atoms with Gasteiger partial charge in [0.05, 0.1) is 5.69 Å². The van der Waals surface area contributed by atoms with E-state index in [9.17, 15) is 9.59 Å². The first-order chi connectivity index (χ1) is 15.5. The number of urea groups is 1. The molecule has 1 saturated heterocycles. The van der Waals surface area contributed by atoms with E-state index in [1.807, 2.05) is 73.7 Å². The molecule has 6 heteroatoms. The molecular weight excluding hydrogens is 422 g/mol. The smallest absolute Gasteiger partial charge is 0.332 e. The number of fused-ring (bicyclic) bond motifs is 4. The van der Waals surface area contributed by atoms with Crippen molar-refractivity contribution in [2.75, 3.05) is 4.90 Å². The Morgan fingerprint density at radius 1 is 0.969 bits per heavy atom. The minimum atomic E-state index is -0.571. The zero-order valence-electron chi connectivity index (χ0n) is 17.4. The summed E-state index contributed by atoms with van der Waals surface area (Å²) in [5.74, 6) is -0.191. The van der Waals surface area contributed by atoms with Crippen LogP contribution in [0.5, 0.6) is 0 Å². The summed E-state index contributed by atoms with van der Waals surface area (Å²) in [6.45, 7) is 1.95. The van der Waals surface area contributed by atoms with Crippen molar-refractivity contribution in [3.63, 3.8) is 0 Å². The maximum Gasteiger partial charge on any atom is 0.332 e. The largest absolute Gasteiger partial charge is 0.356 e. The van der Waals surface area contributed by atoms with Gasteiger partial charge in [-0.2, -0.15) is 0 Å². The Bertz CT molecular complexity index is 1410. The molecular formula is C26H20ClN3O2. The molecule has 5 nitrogen and oxygen atoms in total. The zero-order valence-corrected chi connectivity index (χ0v) is 18.1. The highest BCUT2D eigenvalue weighted by Crippen LogP contribution is 2.45. The second-order valence-corrected chi connectivity index (χ2v) is 8.88. The summed E-state index contributed by atoms with van der Waals surface area (Å²) in [5.41, 5.74) is 5.50. The van der Waals surface area contributed by atoms with Crippen LogP contribution in [0.3, 0.4) is 0 Å². The molecule has 4 aromatic rings. The highest BCUT2D eigenvalue weighted by Gasteiger charge is 2.53. The van der Waals surface area contributed by atoms with Gasteiger partial charge < -0.3 is 4.98 Å². The van der Waals surface area contributed by atoms with E-state index in [0.29, 0.717) is 17.1 Å². The van der Waals surface area contributed by atoms with Crippen LogP contribution in [0.1, 0.15) is 28.4 Å². The van der Waals surface area contributed by atoms with Gasteiger partial charge >= 0.3 is 6.03 Å². The average molecular weight is 442 g/mol. The van der Waals surface area contributed by atoms with E-state index < -0.39 is 12.1 Å². The van der Waals surface area contributed by atoms with Crippen LogP contribution < -0.4 is 4.90 Å². The number of aryl methyl sites for hydroxylation is 1. The topological polar surface area (TPSA) is 56.4 Å². The number of halogens is 1. The van der Waals surface area contributed by atoms with Gasteiger partial charge in [0.1, 0.15) is 12.1 Å². The first-order valence-electron chi connectivity index (χ1n) is 10.6. The number of carbonyl (C=O) groups excluding carboxylic acids is 2. The third-order valence-corrected chi connectivity index (χ3v) is 6.71. The minimum Gasteiger partial charge on any atom is -0.356 e. The highest BCUT2D eigenvalue weighted by molar-refractivity contribution is 6.30. The number of rotatable bonds is 2.